The van der Waals surface area contributed by atoms with Crippen molar-refractivity contribution >= 4 is 34.1 Å². The van der Waals surface area contributed by atoms with E-state index in [0.29, 0.717) is 17.0 Å². The maximum absolute atomic E-state index is 12.6. The normalized spacial score (nSPS) is 10.8. The largest absolute Gasteiger partial charge is 0.340 e. The number of amides is 1. The zero-order valence-electron chi connectivity index (χ0n) is 17.1. The number of imidazole rings is 1. The van der Waals surface area contributed by atoms with Crippen LogP contribution in [0.1, 0.15) is 16.3 Å². The zero-order chi connectivity index (χ0) is 21.9. The molecule has 0 fully saturated rings. The smallest absolute Gasteiger partial charge is 0.275 e. The molecule has 0 saturated heterocycles. The van der Waals surface area contributed by atoms with Crippen LogP contribution in [0.5, 0.6) is 0 Å². The molecule has 9 nitrogen and oxygen atoms in total. The molecule has 0 saturated carbocycles. The summed E-state index contributed by atoms with van der Waals surface area (Å²) in [6.45, 7) is 1.91. The Bertz CT molecular complexity index is 1410. The van der Waals surface area contributed by atoms with Crippen molar-refractivity contribution < 1.29 is 4.79 Å². The van der Waals surface area contributed by atoms with Crippen LogP contribution in [0, 0.1) is 6.92 Å². The van der Waals surface area contributed by atoms with Gasteiger partial charge in [0.1, 0.15) is 29.5 Å². The number of hydrogen-bond donors (Lipinski definition) is 2. The predicted octanol–water partition coefficient (Wildman–Crippen LogP) is 3.91. The number of anilines is 3. The first-order valence-electron chi connectivity index (χ1n) is 9.88. The fourth-order valence-electron chi connectivity index (χ4n) is 3.21. The lowest BCUT2D eigenvalue weighted by Gasteiger charge is -2.10. The fourth-order valence-corrected chi connectivity index (χ4v) is 3.21. The molecule has 0 aliphatic rings. The average Bonchev–Trinajstić information content (AvgIpc) is 3.26. The minimum atomic E-state index is -0.319. The predicted molar refractivity (Wildman–Crippen MR) is 121 cm³/mol. The average molecular weight is 422 g/mol. The molecule has 9 heteroatoms. The van der Waals surface area contributed by atoms with Gasteiger partial charge in [0.2, 0.25) is 0 Å². The number of hydrogen-bond acceptors (Lipinski definition) is 7. The molecule has 1 amide bonds. The third kappa shape index (κ3) is 3.99. The van der Waals surface area contributed by atoms with Crippen molar-refractivity contribution in [3.63, 3.8) is 0 Å². The second kappa shape index (κ2) is 8.23. The molecule has 0 aliphatic heterocycles. The van der Waals surface area contributed by atoms with E-state index in [1.54, 1.807) is 18.3 Å². The van der Waals surface area contributed by atoms with Gasteiger partial charge in [0, 0.05) is 29.8 Å². The second-order valence-electron chi connectivity index (χ2n) is 7.01. The van der Waals surface area contributed by atoms with E-state index in [9.17, 15) is 4.79 Å². The van der Waals surface area contributed by atoms with Gasteiger partial charge in [-0.15, -0.1) is 0 Å². The lowest BCUT2D eigenvalue weighted by molar-refractivity contribution is 0.102. The van der Waals surface area contributed by atoms with Crippen LogP contribution in [0.4, 0.5) is 17.2 Å². The maximum Gasteiger partial charge on any atom is 0.275 e. The molecule has 0 unspecified atom stereocenters. The Kier molecular flexibility index (Phi) is 4.97. The van der Waals surface area contributed by atoms with Crippen molar-refractivity contribution in [2.24, 2.45) is 0 Å². The lowest BCUT2D eigenvalue weighted by atomic mass is 10.2. The van der Waals surface area contributed by atoms with Gasteiger partial charge in [-0.05, 0) is 43.3 Å². The Labute approximate surface area is 183 Å². The third-order valence-electron chi connectivity index (χ3n) is 4.82. The number of para-hydroxylation sites is 2. The van der Waals surface area contributed by atoms with E-state index in [1.807, 2.05) is 60.2 Å². The zero-order valence-corrected chi connectivity index (χ0v) is 17.1. The van der Waals surface area contributed by atoms with Crippen molar-refractivity contribution in [2.45, 2.75) is 6.92 Å². The Morgan fingerprint density at radius 2 is 1.69 bits per heavy atom. The van der Waals surface area contributed by atoms with Gasteiger partial charge in [-0.3, -0.25) is 14.3 Å². The van der Waals surface area contributed by atoms with E-state index in [4.69, 9.17) is 0 Å². The summed E-state index contributed by atoms with van der Waals surface area (Å²) >= 11 is 0. The van der Waals surface area contributed by atoms with Crippen LogP contribution < -0.4 is 10.6 Å². The van der Waals surface area contributed by atoms with Crippen LogP contribution in [-0.2, 0) is 0 Å². The molecular formula is C23H18N8O. The molecule has 0 bridgehead atoms. The van der Waals surface area contributed by atoms with Crippen LogP contribution in [0.3, 0.4) is 0 Å². The van der Waals surface area contributed by atoms with Crippen LogP contribution in [0.25, 0.3) is 16.9 Å². The van der Waals surface area contributed by atoms with Crippen LogP contribution in [0.15, 0.2) is 79.5 Å². The number of aromatic nitrogens is 6. The summed E-state index contributed by atoms with van der Waals surface area (Å²) in [5.41, 5.74) is 3.15. The minimum absolute atomic E-state index is 0.259. The highest BCUT2D eigenvalue weighted by Crippen LogP contribution is 2.19. The standard InChI is InChI=1S/C23H18N8O/c1-15-24-10-11-31(15)22-12-21(26-14-27-22)28-16-6-8-17(9-7-16)29-23(32)20-13-25-18-4-2-3-5-19(18)30-20/h2-14H,1H3,(H,29,32)(H,26,27,28). The first kappa shape index (κ1) is 19.3. The van der Waals surface area contributed by atoms with E-state index < -0.39 is 0 Å². The summed E-state index contributed by atoms with van der Waals surface area (Å²) < 4.78 is 1.88. The summed E-state index contributed by atoms with van der Waals surface area (Å²) in [5, 5.41) is 6.08. The summed E-state index contributed by atoms with van der Waals surface area (Å²) in [6.07, 6.45) is 6.54. The van der Waals surface area contributed by atoms with Crippen LogP contribution in [0.2, 0.25) is 0 Å². The molecule has 0 spiro atoms. The molecule has 5 aromatic rings. The quantitative estimate of drug-likeness (QED) is 0.442. The lowest BCUT2D eigenvalue weighted by Crippen LogP contribution is -2.14. The summed E-state index contributed by atoms with van der Waals surface area (Å²) in [5.74, 6) is 1.88. The molecule has 5 rings (SSSR count). The second-order valence-corrected chi connectivity index (χ2v) is 7.01. The van der Waals surface area contributed by atoms with Gasteiger partial charge in [0.05, 0.1) is 17.2 Å². The van der Waals surface area contributed by atoms with Crippen LogP contribution >= 0.6 is 0 Å². The highest BCUT2D eigenvalue weighted by Gasteiger charge is 2.10. The van der Waals surface area contributed by atoms with E-state index in [2.05, 4.69) is 35.6 Å². The molecule has 0 radical (unpaired) electrons. The Morgan fingerprint density at radius 3 is 2.47 bits per heavy atom. The maximum atomic E-state index is 12.6. The number of fused-ring (bicyclic) bond motifs is 1. The molecule has 3 heterocycles. The first-order chi connectivity index (χ1) is 15.7. The first-order valence-corrected chi connectivity index (χ1v) is 9.88. The summed E-state index contributed by atoms with van der Waals surface area (Å²) in [7, 11) is 0. The highest BCUT2D eigenvalue weighted by molar-refractivity contribution is 6.03. The van der Waals surface area contributed by atoms with Crippen molar-refractivity contribution in [1.29, 1.82) is 0 Å². The van der Waals surface area contributed by atoms with Gasteiger partial charge < -0.3 is 10.6 Å². The van der Waals surface area contributed by atoms with E-state index in [-0.39, 0.29) is 11.6 Å². The molecule has 2 N–H and O–H groups in total. The topological polar surface area (TPSA) is 111 Å². The molecule has 2 aromatic carbocycles. The molecule has 32 heavy (non-hydrogen) atoms. The van der Waals surface area contributed by atoms with Crippen molar-refractivity contribution in [3.05, 3.63) is 91.0 Å². The molecule has 156 valence electrons. The van der Waals surface area contributed by atoms with E-state index in [0.717, 1.165) is 22.8 Å². The number of benzene rings is 2. The molecular weight excluding hydrogens is 404 g/mol. The Hall–Kier alpha value is -4.66. The van der Waals surface area contributed by atoms with Crippen molar-refractivity contribution in [3.8, 4) is 5.82 Å². The number of carbonyl (C=O) groups excluding carboxylic acids is 1. The number of nitrogens with zero attached hydrogens (tertiary/aromatic N) is 6. The summed E-state index contributed by atoms with van der Waals surface area (Å²) in [4.78, 5) is 34.0. The van der Waals surface area contributed by atoms with Gasteiger partial charge in [0.25, 0.3) is 5.91 Å². The van der Waals surface area contributed by atoms with E-state index in [1.165, 1.54) is 12.5 Å². The van der Waals surface area contributed by atoms with Gasteiger partial charge in [-0.2, -0.15) is 0 Å². The third-order valence-corrected chi connectivity index (χ3v) is 4.82. The fraction of sp³-hybridized carbons (Fsp3) is 0.0435. The molecule has 0 atom stereocenters. The van der Waals surface area contributed by atoms with Gasteiger partial charge in [-0.25, -0.2) is 19.9 Å². The number of aryl methyl sites for hydroxylation is 1. The van der Waals surface area contributed by atoms with Crippen molar-refractivity contribution in [1.82, 2.24) is 29.5 Å². The molecule has 3 aromatic heterocycles. The minimum Gasteiger partial charge on any atom is -0.340 e. The number of rotatable bonds is 5. The van der Waals surface area contributed by atoms with Crippen LogP contribution in [-0.4, -0.2) is 35.4 Å². The molecule has 0 aliphatic carbocycles. The van der Waals surface area contributed by atoms with Gasteiger partial charge >= 0.3 is 0 Å². The number of nitrogens with one attached hydrogen (secondary N) is 2. The van der Waals surface area contributed by atoms with Gasteiger partial charge in [0.15, 0.2) is 0 Å². The Balaban J connectivity index is 1.28. The van der Waals surface area contributed by atoms with Gasteiger partial charge in [-0.1, -0.05) is 12.1 Å². The summed E-state index contributed by atoms with van der Waals surface area (Å²) in [6, 6.07) is 16.6. The van der Waals surface area contributed by atoms with E-state index >= 15 is 0 Å². The highest BCUT2D eigenvalue weighted by atomic mass is 16.1. The SMILES string of the molecule is Cc1nccn1-c1cc(Nc2ccc(NC(=O)c3cnc4ccccc4n3)cc2)ncn1. The monoisotopic (exact) mass is 422 g/mol. The Morgan fingerprint density at radius 1 is 0.906 bits per heavy atom. The number of carbonyl (C=O) groups is 1. The van der Waals surface area contributed by atoms with Crippen molar-refractivity contribution in [2.75, 3.05) is 10.6 Å².